The lowest BCUT2D eigenvalue weighted by molar-refractivity contribution is -0.159. The zero-order valence-corrected chi connectivity index (χ0v) is 15.1. The zero-order valence-electron chi connectivity index (χ0n) is 15.1. The van der Waals surface area contributed by atoms with Gasteiger partial charge in [0.25, 0.3) is 0 Å². The summed E-state index contributed by atoms with van der Waals surface area (Å²) < 4.78 is 5.56. The molecule has 0 aromatic heterocycles. The predicted molar refractivity (Wildman–Crippen MR) is 88.3 cm³/mol. The summed E-state index contributed by atoms with van der Waals surface area (Å²) in [6, 6.07) is 0.0762. The molecule has 2 bridgehead atoms. The van der Waals surface area contributed by atoms with Gasteiger partial charge in [0.05, 0.1) is 5.41 Å². The molecule has 5 nitrogen and oxygen atoms in total. The Morgan fingerprint density at radius 2 is 1.57 bits per heavy atom. The number of carboxylic acids is 1. The molecule has 5 heteroatoms. The van der Waals surface area contributed by atoms with E-state index in [9.17, 15) is 14.7 Å². The molecule has 0 heterocycles. The largest absolute Gasteiger partial charge is 0.481 e. The monoisotopic (exact) mass is 325 g/mol. The standard InChI is InChI=1S/C18H31NO4/c1-13(2)19(15(22)23-16(3,4)5)12-17-6-9-18(10-7-17,11-8-17)14(20)21/h13H,6-12H2,1-5H3,(H,20,21). The zero-order chi connectivity index (χ0) is 17.5. The van der Waals surface area contributed by atoms with Gasteiger partial charge in [-0.2, -0.15) is 0 Å². The molecule has 3 rings (SSSR count). The summed E-state index contributed by atoms with van der Waals surface area (Å²) in [6.45, 7) is 10.3. The van der Waals surface area contributed by atoms with Gasteiger partial charge in [0.1, 0.15) is 5.60 Å². The van der Waals surface area contributed by atoms with E-state index in [1.165, 1.54) is 0 Å². The van der Waals surface area contributed by atoms with E-state index in [1.54, 1.807) is 0 Å². The van der Waals surface area contributed by atoms with Gasteiger partial charge in [-0.1, -0.05) is 0 Å². The smallest absolute Gasteiger partial charge is 0.410 e. The van der Waals surface area contributed by atoms with Gasteiger partial charge in [-0.25, -0.2) is 4.79 Å². The molecule has 1 amide bonds. The molecule has 0 atom stereocenters. The molecule has 3 saturated carbocycles. The summed E-state index contributed by atoms with van der Waals surface area (Å²) in [5, 5.41) is 9.50. The van der Waals surface area contributed by atoms with Gasteiger partial charge in [0, 0.05) is 12.6 Å². The van der Waals surface area contributed by atoms with Crippen molar-refractivity contribution in [2.45, 2.75) is 84.8 Å². The van der Waals surface area contributed by atoms with Crippen molar-refractivity contribution in [1.82, 2.24) is 4.90 Å². The Bertz CT molecular complexity index is 453. The van der Waals surface area contributed by atoms with Gasteiger partial charge in [-0.15, -0.1) is 0 Å². The number of amides is 1. The lowest BCUT2D eigenvalue weighted by Gasteiger charge is -2.53. The van der Waals surface area contributed by atoms with E-state index in [1.807, 2.05) is 39.5 Å². The predicted octanol–water partition coefficient (Wildman–Crippen LogP) is 4.06. The Morgan fingerprint density at radius 3 is 1.91 bits per heavy atom. The first-order valence-corrected chi connectivity index (χ1v) is 8.72. The number of aliphatic carboxylic acids is 1. The fourth-order valence-electron chi connectivity index (χ4n) is 3.96. The Kier molecular flexibility index (Phi) is 4.71. The molecule has 0 unspecified atom stereocenters. The summed E-state index contributed by atoms with van der Waals surface area (Å²) in [5.74, 6) is -0.640. The normalized spacial score (nSPS) is 30.3. The minimum Gasteiger partial charge on any atom is -0.481 e. The summed E-state index contributed by atoms with van der Waals surface area (Å²) in [4.78, 5) is 25.9. The van der Waals surface area contributed by atoms with Crippen molar-refractivity contribution in [3.63, 3.8) is 0 Å². The Balaban J connectivity index is 2.07. The van der Waals surface area contributed by atoms with Crippen LogP contribution in [0.4, 0.5) is 4.79 Å². The lowest BCUT2D eigenvalue weighted by atomic mass is 9.53. The van der Waals surface area contributed by atoms with Crippen LogP contribution in [0.15, 0.2) is 0 Å². The second-order valence-corrected chi connectivity index (χ2v) is 8.79. The summed E-state index contributed by atoms with van der Waals surface area (Å²) >= 11 is 0. The van der Waals surface area contributed by atoms with E-state index in [0.717, 1.165) is 38.5 Å². The number of rotatable bonds is 4. The van der Waals surface area contributed by atoms with E-state index in [-0.39, 0.29) is 17.6 Å². The second-order valence-electron chi connectivity index (χ2n) is 8.79. The lowest BCUT2D eigenvalue weighted by Crippen LogP contribution is -2.53. The SMILES string of the molecule is CC(C)N(CC12CCC(C(=O)O)(CC1)CC2)C(=O)OC(C)(C)C. The van der Waals surface area contributed by atoms with Crippen LogP contribution in [0.2, 0.25) is 0 Å². The van der Waals surface area contributed by atoms with Crippen molar-refractivity contribution in [3.05, 3.63) is 0 Å². The summed E-state index contributed by atoms with van der Waals surface area (Å²) in [6.07, 6.45) is 4.64. The molecule has 1 N–H and O–H groups in total. The quantitative estimate of drug-likeness (QED) is 0.846. The van der Waals surface area contributed by atoms with Crippen LogP contribution in [0.5, 0.6) is 0 Å². The first-order chi connectivity index (χ1) is 10.5. The third kappa shape index (κ3) is 3.81. The Hall–Kier alpha value is -1.26. The number of carboxylic acid groups (broad SMARTS) is 1. The molecule has 0 aromatic rings. The van der Waals surface area contributed by atoms with Gasteiger partial charge < -0.3 is 14.7 Å². The van der Waals surface area contributed by atoms with Crippen LogP contribution in [-0.2, 0) is 9.53 Å². The van der Waals surface area contributed by atoms with Crippen LogP contribution in [0, 0.1) is 10.8 Å². The number of nitrogens with zero attached hydrogens (tertiary/aromatic N) is 1. The van der Waals surface area contributed by atoms with Crippen molar-refractivity contribution < 1.29 is 19.4 Å². The fourth-order valence-corrected chi connectivity index (χ4v) is 3.96. The third-order valence-electron chi connectivity index (χ3n) is 5.61. The molecule has 3 fully saturated rings. The first kappa shape index (κ1) is 18.1. The molecule has 132 valence electrons. The number of carbonyl (C=O) groups excluding carboxylic acids is 1. The molecule has 23 heavy (non-hydrogen) atoms. The second kappa shape index (κ2) is 5.99. The van der Waals surface area contributed by atoms with Gasteiger partial charge >= 0.3 is 12.1 Å². The molecule has 3 aliphatic carbocycles. The number of ether oxygens (including phenoxy) is 1. The maximum atomic E-state index is 12.5. The maximum Gasteiger partial charge on any atom is 0.410 e. The highest BCUT2D eigenvalue weighted by atomic mass is 16.6. The molecule has 0 saturated heterocycles. The van der Waals surface area contributed by atoms with Gasteiger partial charge in [0.15, 0.2) is 0 Å². The molecule has 0 aromatic carbocycles. The van der Waals surface area contributed by atoms with E-state index < -0.39 is 17.0 Å². The van der Waals surface area contributed by atoms with Gasteiger partial charge in [-0.3, -0.25) is 4.79 Å². The third-order valence-corrected chi connectivity index (χ3v) is 5.61. The average Bonchev–Trinajstić information content (AvgIpc) is 2.44. The Labute approximate surface area is 139 Å². The molecule has 0 radical (unpaired) electrons. The minimum atomic E-state index is -0.640. The van der Waals surface area contributed by atoms with Crippen molar-refractivity contribution in [2.75, 3.05) is 6.54 Å². The highest BCUT2D eigenvalue weighted by molar-refractivity contribution is 5.75. The topological polar surface area (TPSA) is 66.8 Å². The van der Waals surface area contributed by atoms with Gasteiger partial charge in [0.2, 0.25) is 0 Å². The van der Waals surface area contributed by atoms with Crippen molar-refractivity contribution in [1.29, 1.82) is 0 Å². The molecule has 0 spiro atoms. The van der Waals surface area contributed by atoms with E-state index >= 15 is 0 Å². The van der Waals surface area contributed by atoms with Crippen molar-refractivity contribution in [2.24, 2.45) is 10.8 Å². The van der Waals surface area contributed by atoms with Gasteiger partial charge in [-0.05, 0) is 78.6 Å². The molecule has 3 aliphatic rings. The van der Waals surface area contributed by atoms with Crippen LogP contribution >= 0.6 is 0 Å². The van der Waals surface area contributed by atoms with Crippen LogP contribution in [-0.4, -0.2) is 40.3 Å². The van der Waals surface area contributed by atoms with E-state index in [0.29, 0.717) is 6.54 Å². The van der Waals surface area contributed by atoms with E-state index in [4.69, 9.17) is 4.74 Å². The maximum absolute atomic E-state index is 12.5. The van der Waals surface area contributed by atoms with Crippen LogP contribution < -0.4 is 0 Å². The number of hydrogen-bond donors (Lipinski definition) is 1. The van der Waals surface area contributed by atoms with Crippen LogP contribution in [0.1, 0.15) is 73.1 Å². The fraction of sp³-hybridized carbons (Fsp3) is 0.889. The van der Waals surface area contributed by atoms with Crippen LogP contribution in [0.25, 0.3) is 0 Å². The number of fused-ring (bicyclic) bond motifs is 3. The molecular weight excluding hydrogens is 294 g/mol. The van der Waals surface area contributed by atoms with Crippen molar-refractivity contribution in [3.8, 4) is 0 Å². The minimum absolute atomic E-state index is 0.0678. The van der Waals surface area contributed by atoms with Crippen LogP contribution in [0.3, 0.4) is 0 Å². The molecule has 0 aliphatic heterocycles. The summed E-state index contributed by atoms with van der Waals surface area (Å²) in [5.41, 5.74) is -0.936. The van der Waals surface area contributed by atoms with Crippen molar-refractivity contribution >= 4 is 12.1 Å². The summed E-state index contributed by atoms with van der Waals surface area (Å²) in [7, 11) is 0. The Morgan fingerprint density at radius 1 is 1.09 bits per heavy atom. The number of hydrogen-bond acceptors (Lipinski definition) is 3. The number of carbonyl (C=O) groups is 2. The molecular formula is C18H31NO4. The van der Waals surface area contributed by atoms with E-state index in [2.05, 4.69) is 0 Å². The highest BCUT2D eigenvalue weighted by Gasteiger charge is 2.53. The average molecular weight is 325 g/mol. The highest BCUT2D eigenvalue weighted by Crippen LogP contribution is 2.57. The first-order valence-electron chi connectivity index (χ1n) is 8.72.